The van der Waals surface area contributed by atoms with Gasteiger partial charge in [-0.1, -0.05) is 24.3 Å². The van der Waals surface area contributed by atoms with E-state index in [9.17, 15) is 8.42 Å². The maximum atomic E-state index is 11.5. The molecule has 2 rings (SSSR count). The number of nitrogens with one attached hydrogen (secondary N) is 1. The van der Waals surface area contributed by atoms with E-state index >= 15 is 0 Å². The van der Waals surface area contributed by atoms with E-state index in [0.29, 0.717) is 11.5 Å². The van der Waals surface area contributed by atoms with Crippen LogP contribution >= 0.6 is 0 Å². The Morgan fingerprint density at radius 3 is 2.76 bits per heavy atom. The minimum atomic E-state index is -2.80. The minimum absolute atomic E-state index is 0.202. The van der Waals surface area contributed by atoms with Crippen LogP contribution in [0.1, 0.15) is 23.5 Å². The molecule has 1 aromatic carbocycles. The molecule has 1 aliphatic rings. The second kappa shape index (κ2) is 5.19. The molecule has 3 nitrogen and oxygen atoms in total. The van der Waals surface area contributed by atoms with E-state index < -0.39 is 9.84 Å². The molecule has 1 aromatic rings. The first-order valence-electron chi connectivity index (χ1n) is 6.05. The highest BCUT2D eigenvalue weighted by Crippen LogP contribution is 2.31. The molecule has 94 valence electrons. The largest absolute Gasteiger partial charge is 0.319 e. The molecule has 1 aliphatic heterocycles. The summed E-state index contributed by atoms with van der Waals surface area (Å²) in [6, 6.07) is 8.22. The Bertz CT molecular complexity index is 482. The Hall–Kier alpha value is -0.870. The van der Waals surface area contributed by atoms with Crippen LogP contribution in [0, 0.1) is 0 Å². The van der Waals surface area contributed by atoms with Crippen LogP contribution in [0.5, 0.6) is 0 Å². The first-order chi connectivity index (χ1) is 8.12. The zero-order valence-electron chi connectivity index (χ0n) is 10.1. The van der Waals surface area contributed by atoms with Crippen LogP contribution in [0.15, 0.2) is 24.3 Å². The number of likely N-dealkylation sites (N-methyl/N-ethyl adjacent to an activating group) is 1. The molecule has 1 fully saturated rings. The van der Waals surface area contributed by atoms with Crippen molar-refractivity contribution in [1.29, 1.82) is 0 Å². The van der Waals surface area contributed by atoms with Gasteiger partial charge in [0.05, 0.1) is 11.5 Å². The molecule has 0 aliphatic carbocycles. The average molecular weight is 253 g/mol. The van der Waals surface area contributed by atoms with Gasteiger partial charge in [-0.15, -0.1) is 0 Å². The van der Waals surface area contributed by atoms with Crippen molar-refractivity contribution in [2.45, 2.75) is 18.8 Å². The molecule has 1 saturated heterocycles. The summed E-state index contributed by atoms with van der Waals surface area (Å²) in [5.74, 6) is 0.870. The van der Waals surface area contributed by atoms with E-state index in [2.05, 4.69) is 17.4 Å². The van der Waals surface area contributed by atoms with Gasteiger partial charge in [0.25, 0.3) is 0 Å². The quantitative estimate of drug-likeness (QED) is 0.881. The Labute approximate surface area is 103 Å². The van der Waals surface area contributed by atoms with Crippen molar-refractivity contribution in [2.24, 2.45) is 0 Å². The number of hydrogen-bond acceptors (Lipinski definition) is 3. The SMILES string of the molecule is CNCCc1ccccc1C1CCS(=O)(=O)C1. The van der Waals surface area contributed by atoms with Gasteiger partial charge < -0.3 is 5.32 Å². The zero-order valence-corrected chi connectivity index (χ0v) is 11.0. The normalized spacial score (nSPS) is 22.8. The molecule has 0 spiro atoms. The lowest BCUT2D eigenvalue weighted by atomic mass is 9.92. The number of benzene rings is 1. The Morgan fingerprint density at radius 2 is 2.12 bits per heavy atom. The van der Waals surface area contributed by atoms with E-state index in [0.717, 1.165) is 19.4 Å². The molecule has 1 heterocycles. The topological polar surface area (TPSA) is 46.2 Å². The fraction of sp³-hybridized carbons (Fsp3) is 0.538. The lowest BCUT2D eigenvalue weighted by molar-refractivity contribution is 0.601. The maximum absolute atomic E-state index is 11.5. The lowest BCUT2D eigenvalue weighted by Crippen LogP contribution is -2.13. The van der Waals surface area contributed by atoms with Crippen LogP contribution in [0.25, 0.3) is 0 Å². The lowest BCUT2D eigenvalue weighted by Gasteiger charge is -2.14. The van der Waals surface area contributed by atoms with Gasteiger partial charge in [0, 0.05) is 0 Å². The third-order valence-electron chi connectivity index (χ3n) is 3.37. The highest BCUT2D eigenvalue weighted by atomic mass is 32.2. The van der Waals surface area contributed by atoms with Gasteiger partial charge in [0.1, 0.15) is 0 Å². The van der Waals surface area contributed by atoms with Crippen LogP contribution in [0.2, 0.25) is 0 Å². The van der Waals surface area contributed by atoms with Crippen molar-refractivity contribution >= 4 is 9.84 Å². The van der Waals surface area contributed by atoms with Crippen molar-refractivity contribution in [1.82, 2.24) is 5.32 Å². The third-order valence-corrected chi connectivity index (χ3v) is 5.14. The maximum Gasteiger partial charge on any atom is 0.150 e. The van der Waals surface area contributed by atoms with E-state index in [1.807, 2.05) is 19.2 Å². The van der Waals surface area contributed by atoms with Gasteiger partial charge in [-0.2, -0.15) is 0 Å². The van der Waals surface area contributed by atoms with E-state index in [1.54, 1.807) is 0 Å². The summed E-state index contributed by atoms with van der Waals surface area (Å²) in [4.78, 5) is 0. The molecule has 0 aromatic heterocycles. The highest BCUT2D eigenvalue weighted by molar-refractivity contribution is 7.91. The fourth-order valence-corrected chi connectivity index (χ4v) is 4.23. The summed E-state index contributed by atoms with van der Waals surface area (Å²) in [7, 11) is -0.863. The van der Waals surface area contributed by atoms with E-state index in [-0.39, 0.29) is 5.92 Å². The molecule has 0 saturated carbocycles. The Kier molecular flexibility index (Phi) is 3.84. The molecule has 1 unspecified atom stereocenters. The second-order valence-electron chi connectivity index (χ2n) is 4.65. The van der Waals surface area contributed by atoms with Crippen molar-refractivity contribution in [3.05, 3.63) is 35.4 Å². The zero-order chi connectivity index (χ0) is 12.3. The fourth-order valence-electron chi connectivity index (χ4n) is 2.46. The number of sulfone groups is 1. The summed E-state index contributed by atoms with van der Waals surface area (Å²) < 4.78 is 23.1. The summed E-state index contributed by atoms with van der Waals surface area (Å²) in [5.41, 5.74) is 2.51. The molecule has 4 heteroatoms. The van der Waals surface area contributed by atoms with Crippen molar-refractivity contribution in [3.63, 3.8) is 0 Å². The molecule has 1 N–H and O–H groups in total. The standard InChI is InChI=1S/C13H19NO2S/c1-14-8-6-11-4-2-3-5-13(11)12-7-9-17(15,16)10-12/h2-5,12,14H,6-10H2,1H3. The second-order valence-corrected chi connectivity index (χ2v) is 6.88. The summed E-state index contributed by atoms with van der Waals surface area (Å²) >= 11 is 0. The molecule has 0 bridgehead atoms. The minimum Gasteiger partial charge on any atom is -0.319 e. The van der Waals surface area contributed by atoms with Crippen molar-refractivity contribution < 1.29 is 8.42 Å². The number of hydrogen-bond donors (Lipinski definition) is 1. The molecule has 0 amide bonds. The molecule has 1 atom stereocenters. The van der Waals surface area contributed by atoms with Gasteiger partial charge in [-0.3, -0.25) is 0 Å². The molecular formula is C13H19NO2S. The van der Waals surface area contributed by atoms with Crippen LogP contribution in [0.3, 0.4) is 0 Å². The van der Waals surface area contributed by atoms with Crippen LogP contribution in [0.4, 0.5) is 0 Å². The average Bonchev–Trinajstić information content (AvgIpc) is 2.67. The Balaban J connectivity index is 2.20. The molecular weight excluding hydrogens is 234 g/mol. The van der Waals surface area contributed by atoms with Crippen molar-refractivity contribution in [3.8, 4) is 0 Å². The van der Waals surface area contributed by atoms with Crippen LogP contribution < -0.4 is 5.32 Å². The summed E-state index contributed by atoms with van der Waals surface area (Å²) in [6.07, 6.45) is 1.74. The predicted molar refractivity (Wildman–Crippen MR) is 70.1 cm³/mol. The van der Waals surface area contributed by atoms with Crippen LogP contribution in [-0.2, 0) is 16.3 Å². The van der Waals surface area contributed by atoms with Crippen molar-refractivity contribution in [2.75, 3.05) is 25.1 Å². The first-order valence-corrected chi connectivity index (χ1v) is 7.87. The third kappa shape index (κ3) is 3.07. The van der Waals surface area contributed by atoms with Gasteiger partial charge in [0.2, 0.25) is 0 Å². The highest BCUT2D eigenvalue weighted by Gasteiger charge is 2.29. The monoisotopic (exact) mass is 253 g/mol. The predicted octanol–water partition coefficient (Wildman–Crippen LogP) is 1.35. The molecule has 17 heavy (non-hydrogen) atoms. The summed E-state index contributed by atoms with van der Waals surface area (Å²) in [5, 5.41) is 3.13. The van der Waals surface area contributed by atoms with Crippen LogP contribution in [-0.4, -0.2) is 33.5 Å². The smallest absolute Gasteiger partial charge is 0.150 e. The van der Waals surface area contributed by atoms with Gasteiger partial charge in [-0.25, -0.2) is 8.42 Å². The first kappa shape index (κ1) is 12.6. The van der Waals surface area contributed by atoms with Gasteiger partial charge in [0.15, 0.2) is 9.84 Å². The Morgan fingerprint density at radius 1 is 1.35 bits per heavy atom. The van der Waals surface area contributed by atoms with Gasteiger partial charge >= 0.3 is 0 Å². The summed E-state index contributed by atoms with van der Waals surface area (Å²) in [6.45, 7) is 0.927. The molecule has 0 radical (unpaired) electrons. The number of rotatable bonds is 4. The van der Waals surface area contributed by atoms with Gasteiger partial charge in [-0.05, 0) is 43.5 Å². The van der Waals surface area contributed by atoms with E-state index in [1.165, 1.54) is 11.1 Å². The van der Waals surface area contributed by atoms with E-state index in [4.69, 9.17) is 0 Å².